The second-order valence-corrected chi connectivity index (χ2v) is 5.01. The van der Waals surface area contributed by atoms with Gasteiger partial charge in [0.1, 0.15) is 6.04 Å². The zero-order valence-electron chi connectivity index (χ0n) is 9.94. The molecule has 0 bridgehead atoms. The summed E-state index contributed by atoms with van der Waals surface area (Å²) in [6.45, 7) is 2.27. The highest BCUT2D eigenvalue weighted by Gasteiger charge is 2.31. The zero-order chi connectivity index (χ0) is 13.3. The number of hydrogen-bond donors (Lipinski definition) is 2. The van der Waals surface area contributed by atoms with E-state index in [9.17, 15) is 9.59 Å². The minimum Gasteiger partial charge on any atom is -0.350 e. The molecule has 0 aliphatic carbocycles. The van der Waals surface area contributed by atoms with Crippen molar-refractivity contribution < 1.29 is 9.59 Å². The number of nitrogens with one attached hydrogen (secondary N) is 1. The largest absolute Gasteiger partial charge is 0.350 e. The lowest BCUT2D eigenvalue weighted by Gasteiger charge is -2.35. The van der Waals surface area contributed by atoms with Gasteiger partial charge in [-0.05, 0) is 19.1 Å². The lowest BCUT2D eigenvalue weighted by molar-refractivity contribution is -0.132. The molecule has 0 spiro atoms. The Hall–Kier alpha value is -1.40. The summed E-state index contributed by atoms with van der Waals surface area (Å²) < 4.78 is 0.883. The van der Waals surface area contributed by atoms with Crippen molar-refractivity contribution in [3.8, 4) is 0 Å². The Labute approximate surface area is 113 Å². The third kappa shape index (κ3) is 2.26. The number of carbonyl (C=O) groups is 2. The van der Waals surface area contributed by atoms with Crippen molar-refractivity contribution in [3.63, 3.8) is 0 Å². The van der Waals surface area contributed by atoms with Gasteiger partial charge < -0.3 is 10.6 Å². The molecule has 1 aromatic rings. The van der Waals surface area contributed by atoms with Gasteiger partial charge >= 0.3 is 0 Å². The summed E-state index contributed by atoms with van der Waals surface area (Å²) in [7, 11) is 0. The molecule has 5 nitrogen and oxygen atoms in total. The van der Waals surface area contributed by atoms with Crippen LogP contribution in [0.4, 0.5) is 5.69 Å². The molecule has 0 saturated carbocycles. The molecule has 1 aromatic carbocycles. The van der Waals surface area contributed by atoms with Crippen LogP contribution in [0, 0.1) is 0 Å². The second kappa shape index (κ2) is 5.07. The molecular formula is C12H14BrN3O2. The second-order valence-electron chi connectivity index (χ2n) is 4.16. The number of rotatable bonds is 2. The van der Waals surface area contributed by atoms with Gasteiger partial charge in [0, 0.05) is 22.3 Å². The molecule has 2 amide bonds. The van der Waals surface area contributed by atoms with E-state index in [1.54, 1.807) is 11.8 Å². The van der Waals surface area contributed by atoms with Crippen molar-refractivity contribution in [2.45, 2.75) is 19.5 Å². The normalized spacial score (nSPS) is 19.9. The van der Waals surface area contributed by atoms with E-state index in [-0.39, 0.29) is 24.4 Å². The fourth-order valence-electron chi connectivity index (χ4n) is 2.03. The van der Waals surface area contributed by atoms with Gasteiger partial charge in [0.15, 0.2) is 0 Å². The summed E-state index contributed by atoms with van der Waals surface area (Å²) in [6.07, 6.45) is 0. The van der Waals surface area contributed by atoms with E-state index >= 15 is 0 Å². The lowest BCUT2D eigenvalue weighted by atomic mass is 10.1. The summed E-state index contributed by atoms with van der Waals surface area (Å²) in [6, 6.07) is 5.24. The summed E-state index contributed by atoms with van der Waals surface area (Å²) >= 11 is 3.43. The number of halogens is 1. The first kappa shape index (κ1) is 13.0. The minimum absolute atomic E-state index is 0.163. The number of amides is 2. The number of imide groups is 1. The standard InChI is InChI=1S/C12H14BrN3O2/c1-7-12(18)15-11(17)6-16(7)10-4-2-3-9(13)8(10)5-14/h2-4,7H,5-6,14H2,1H3,(H,15,17,18). The van der Waals surface area contributed by atoms with E-state index in [1.807, 2.05) is 18.2 Å². The highest BCUT2D eigenvalue weighted by molar-refractivity contribution is 9.10. The van der Waals surface area contributed by atoms with Crippen LogP contribution in [-0.4, -0.2) is 24.4 Å². The molecule has 18 heavy (non-hydrogen) atoms. The molecular weight excluding hydrogens is 298 g/mol. The first-order valence-corrected chi connectivity index (χ1v) is 6.41. The van der Waals surface area contributed by atoms with E-state index in [4.69, 9.17) is 5.73 Å². The molecule has 1 saturated heterocycles. The third-order valence-electron chi connectivity index (χ3n) is 3.03. The molecule has 1 aliphatic rings. The van der Waals surface area contributed by atoms with Gasteiger partial charge in [0.2, 0.25) is 11.8 Å². The maximum absolute atomic E-state index is 11.7. The first-order valence-electron chi connectivity index (χ1n) is 5.62. The molecule has 1 fully saturated rings. The quantitative estimate of drug-likeness (QED) is 0.791. The van der Waals surface area contributed by atoms with Crippen LogP contribution in [0.2, 0.25) is 0 Å². The first-order chi connectivity index (χ1) is 8.54. The summed E-state index contributed by atoms with van der Waals surface area (Å²) in [5.74, 6) is -0.574. The summed E-state index contributed by atoms with van der Waals surface area (Å²) in [4.78, 5) is 24.9. The zero-order valence-corrected chi connectivity index (χ0v) is 11.5. The fourth-order valence-corrected chi connectivity index (χ4v) is 2.54. The summed E-state index contributed by atoms with van der Waals surface area (Å²) in [5.41, 5.74) is 7.45. The van der Waals surface area contributed by atoms with E-state index in [0.29, 0.717) is 6.54 Å². The van der Waals surface area contributed by atoms with Crippen molar-refractivity contribution in [1.29, 1.82) is 0 Å². The number of anilines is 1. The SMILES string of the molecule is CC1C(=O)NC(=O)CN1c1cccc(Br)c1CN. The van der Waals surface area contributed by atoms with Crippen LogP contribution in [0.3, 0.4) is 0 Å². The molecule has 2 rings (SSSR count). The molecule has 0 radical (unpaired) electrons. The van der Waals surface area contributed by atoms with Gasteiger partial charge in [-0.15, -0.1) is 0 Å². The third-order valence-corrected chi connectivity index (χ3v) is 3.77. The molecule has 3 N–H and O–H groups in total. The van der Waals surface area contributed by atoms with Crippen molar-refractivity contribution in [1.82, 2.24) is 5.32 Å². The Kier molecular flexibility index (Phi) is 3.68. The van der Waals surface area contributed by atoms with Crippen LogP contribution >= 0.6 is 15.9 Å². The van der Waals surface area contributed by atoms with E-state index in [1.165, 1.54) is 0 Å². The monoisotopic (exact) mass is 311 g/mol. The highest BCUT2D eigenvalue weighted by atomic mass is 79.9. The minimum atomic E-state index is -0.387. The number of carbonyl (C=O) groups excluding carboxylic acids is 2. The number of benzene rings is 1. The molecule has 1 heterocycles. The van der Waals surface area contributed by atoms with Gasteiger partial charge in [0.05, 0.1) is 6.54 Å². The number of nitrogens with two attached hydrogens (primary N) is 1. The fraction of sp³-hybridized carbons (Fsp3) is 0.333. The number of piperazine rings is 1. The lowest BCUT2D eigenvalue weighted by Crippen LogP contribution is -2.57. The van der Waals surface area contributed by atoms with Crippen molar-refractivity contribution in [2.75, 3.05) is 11.4 Å². The average Bonchev–Trinajstić information content (AvgIpc) is 2.33. The van der Waals surface area contributed by atoms with Crippen LogP contribution in [0.1, 0.15) is 12.5 Å². The Bertz CT molecular complexity index is 504. The number of hydrogen-bond acceptors (Lipinski definition) is 4. The van der Waals surface area contributed by atoms with Crippen molar-refractivity contribution in [2.24, 2.45) is 5.73 Å². The predicted molar refractivity (Wildman–Crippen MR) is 72.0 cm³/mol. The van der Waals surface area contributed by atoms with Crippen LogP contribution in [0.25, 0.3) is 0 Å². The molecule has 1 unspecified atom stereocenters. The van der Waals surface area contributed by atoms with Crippen molar-refractivity contribution in [3.05, 3.63) is 28.2 Å². The molecule has 1 atom stereocenters. The Morgan fingerprint density at radius 2 is 2.22 bits per heavy atom. The Morgan fingerprint density at radius 3 is 2.89 bits per heavy atom. The average molecular weight is 312 g/mol. The van der Waals surface area contributed by atoms with Crippen LogP contribution < -0.4 is 16.0 Å². The van der Waals surface area contributed by atoms with Crippen LogP contribution in [0.5, 0.6) is 0 Å². The van der Waals surface area contributed by atoms with E-state index in [2.05, 4.69) is 21.2 Å². The molecule has 96 valence electrons. The van der Waals surface area contributed by atoms with Gasteiger partial charge in [-0.1, -0.05) is 22.0 Å². The summed E-state index contributed by atoms with van der Waals surface area (Å²) in [5, 5.41) is 2.32. The van der Waals surface area contributed by atoms with Gasteiger partial charge in [-0.25, -0.2) is 0 Å². The van der Waals surface area contributed by atoms with Gasteiger partial charge in [-0.2, -0.15) is 0 Å². The van der Waals surface area contributed by atoms with E-state index in [0.717, 1.165) is 15.7 Å². The predicted octanol–water partition coefficient (Wildman–Crippen LogP) is 0.759. The Balaban J connectivity index is 2.44. The van der Waals surface area contributed by atoms with E-state index < -0.39 is 0 Å². The molecule has 1 aliphatic heterocycles. The van der Waals surface area contributed by atoms with Crippen LogP contribution in [-0.2, 0) is 16.1 Å². The van der Waals surface area contributed by atoms with Gasteiger partial charge in [-0.3, -0.25) is 14.9 Å². The Morgan fingerprint density at radius 1 is 1.50 bits per heavy atom. The smallest absolute Gasteiger partial charge is 0.249 e. The van der Waals surface area contributed by atoms with Crippen LogP contribution in [0.15, 0.2) is 22.7 Å². The van der Waals surface area contributed by atoms with Crippen molar-refractivity contribution >= 4 is 33.4 Å². The molecule has 6 heteroatoms. The maximum Gasteiger partial charge on any atom is 0.249 e. The highest BCUT2D eigenvalue weighted by Crippen LogP contribution is 2.29. The van der Waals surface area contributed by atoms with Gasteiger partial charge in [0.25, 0.3) is 0 Å². The topological polar surface area (TPSA) is 75.4 Å². The molecule has 0 aromatic heterocycles. The maximum atomic E-state index is 11.7. The number of nitrogens with zero attached hydrogens (tertiary/aromatic N) is 1.